The van der Waals surface area contributed by atoms with Gasteiger partial charge in [0.15, 0.2) is 5.82 Å². The summed E-state index contributed by atoms with van der Waals surface area (Å²) >= 11 is 0. The first-order valence-corrected chi connectivity index (χ1v) is 7.86. The van der Waals surface area contributed by atoms with Crippen LogP contribution < -0.4 is 10.6 Å². The molecule has 0 aliphatic heterocycles. The molecule has 0 atom stereocenters. The standard InChI is InChI=1S/C18H14F2N6/c1-10-6-16(26-25-10)23-17-14-4-2-3-5-15(14)22-18(24-17)21-13-8-11(19)7-12(20)9-13/h2-9H,1H3,(H3,21,22,23,24,25,26). The van der Waals surface area contributed by atoms with Gasteiger partial charge in [-0.2, -0.15) is 10.1 Å². The van der Waals surface area contributed by atoms with Crippen LogP contribution in [0.2, 0.25) is 0 Å². The first-order valence-electron chi connectivity index (χ1n) is 7.86. The lowest BCUT2D eigenvalue weighted by Crippen LogP contribution is -2.03. The molecular weight excluding hydrogens is 338 g/mol. The van der Waals surface area contributed by atoms with Crippen molar-refractivity contribution in [1.82, 2.24) is 20.2 Å². The van der Waals surface area contributed by atoms with Crippen LogP contribution in [-0.2, 0) is 0 Å². The van der Waals surface area contributed by atoms with Crippen molar-refractivity contribution < 1.29 is 8.78 Å². The van der Waals surface area contributed by atoms with E-state index >= 15 is 0 Å². The number of anilines is 4. The first-order chi connectivity index (χ1) is 12.6. The molecule has 2 aromatic carbocycles. The van der Waals surface area contributed by atoms with E-state index in [2.05, 4.69) is 30.8 Å². The Bertz CT molecular complexity index is 1070. The Kier molecular flexibility index (Phi) is 3.92. The molecule has 26 heavy (non-hydrogen) atoms. The van der Waals surface area contributed by atoms with E-state index in [1.807, 2.05) is 37.3 Å². The Balaban J connectivity index is 1.75. The summed E-state index contributed by atoms with van der Waals surface area (Å²) < 4.78 is 26.8. The summed E-state index contributed by atoms with van der Waals surface area (Å²) in [6.45, 7) is 1.89. The summed E-state index contributed by atoms with van der Waals surface area (Å²) in [7, 11) is 0. The van der Waals surface area contributed by atoms with Gasteiger partial charge in [0.25, 0.3) is 0 Å². The van der Waals surface area contributed by atoms with Gasteiger partial charge in [-0.15, -0.1) is 0 Å². The highest BCUT2D eigenvalue weighted by molar-refractivity contribution is 5.91. The zero-order chi connectivity index (χ0) is 18.1. The number of aryl methyl sites for hydroxylation is 1. The predicted octanol–water partition coefficient (Wildman–Crippen LogP) is 4.43. The van der Waals surface area contributed by atoms with Gasteiger partial charge in [-0.05, 0) is 31.2 Å². The Morgan fingerprint density at radius 1 is 0.923 bits per heavy atom. The molecule has 0 saturated carbocycles. The van der Waals surface area contributed by atoms with Crippen LogP contribution in [0.25, 0.3) is 10.9 Å². The first kappa shape index (κ1) is 15.9. The molecule has 6 nitrogen and oxygen atoms in total. The molecule has 0 fully saturated rings. The van der Waals surface area contributed by atoms with Crippen molar-refractivity contribution in [2.45, 2.75) is 6.92 Å². The van der Waals surface area contributed by atoms with Crippen LogP contribution in [0.4, 0.5) is 32.1 Å². The minimum absolute atomic E-state index is 0.212. The topological polar surface area (TPSA) is 78.5 Å². The van der Waals surface area contributed by atoms with Crippen molar-refractivity contribution in [2.24, 2.45) is 0 Å². The molecule has 2 heterocycles. The van der Waals surface area contributed by atoms with E-state index in [-0.39, 0.29) is 11.6 Å². The van der Waals surface area contributed by atoms with E-state index in [4.69, 9.17) is 0 Å². The normalized spacial score (nSPS) is 10.9. The molecular formula is C18H14F2N6. The van der Waals surface area contributed by atoms with Crippen LogP contribution in [0.15, 0.2) is 48.5 Å². The highest BCUT2D eigenvalue weighted by Crippen LogP contribution is 2.26. The average molecular weight is 352 g/mol. The molecule has 0 amide bonds. The third-order valence-electron chi connectivity index (χ3n) is 3.67. The molecule has 8 heteroatoms. The molecule has 0 radical (unpaired) electrons. The van der Waals surface area contributed by atoms with Crippen molar-refractivity contribution in [2.75, 3.05) is 10.6 Å². The summed E-state index contributed by atoms with van der Waals surface area (Å²) in [5, 5.41) is 13.8. The second-order valence-corrected chi connectivity index (χ2v) is 5.76. The number of fused-ring (bicyclic) bond motifs is 1. The minimum Gasteiger partial charge on any atom is -0.324 e. The van der Waals surface area contributed by atoms with Crippen molar-refractivity contribution in [3.8, 4) is 0 Å². The summed E-state index contributed by atoms with van der Waals surface area (Å²) in [6.07, 6.45) is 0. The molecule has 4 rings (SSSR count). The Labute approximate surface area is 147 Å². The van der Waals surface area contributed by atoms with Gasteiger partial charge < -0.3 is 10.6 Å². The van der Waals surface area contributed by atoms with Crippen LogP contribution in [0, 0.1) is 18.6 Å². The lowest BCUT2D eigenvalue weighted by Gasteiger charge is -2.11. The number of benzene rings is 2. The lowest BCUT2D eigenvalue weighted by molar-refractivity contribution is 0.584. The largest absolute Gasteiger partial charge is 0.324 e. The van der Waals surface area contributed by atoms with E-state index in [1.54, 1.807) is 0 Å². The van der Waals surface area contributed by atoms with Crippen molar-refractivity contribution >= 4 is 34.2 Å². The molecule has 4 aromatic rings. The highest BCUT2D eigenvalue weighted by Gasteiger charge is 2.10. The van der Waals surface area contributed by atoms with Crippen LogP contribution >= 0.6 is 0 Å². The fraction of sp³-hybridized carbons (Fsp3) is 0.0556. The summed E-state index contributed by atoms with van der Waals surface area (Å²) in [5.41, 5.74) is 1.80. The number of aromatic nitrogens is 4. The number of aromatic amines is 1. The second kappa shape index (κ2) is 6.40. The molecule has 0 aliphatic carbocycles. The van der Waals surface area contributed by atoms with Crippen molar-refractivity contribution in [3.63, 3.8) is 0 Å². The third-order valence-corrected chi connectivity index (χ3v) is 3.67. The monoisotopic (exact) mass is 352 g/mol. The SMILES string of the molecule is Cc1cc(Nc2nc(Nc3cc(F)cc(F)c3)nc3ccccc23)n[nH]1. The lowest BCUT2D eigenvalue weighted by atomic mass is 10.2. The zero-order valence-corrected chi connectivity index (χ0v) is 13.7. The number of nitrogens with one attached hydrogen (secondary N) is 3. The number of nitrogens with zero attached hydrogens (tertiary/aromatic N) is 3. The number of hydrogen-bond donors (Lipinski definition) is 3. The number of rotatable bonds is 4. The Morgan fingerprint density at radius 2 is 1.69 bits per heavy atom. The summed E-state index contributed by atoms with van der Waals surface area (Å²) in [4.78, 5) is 8.83. The fourth-order valence-corrected chi connectivity index (χ4v) is 2.59. The van der Waals surface area contributed by atoms with Gasteiger partial charge in [0.05, 0.1) is 5.52 Å². The maximum atomic E-state index is 13.4. The minimum atomic E-state index is -0.682. The molecule has 130 valence electrons. The van der Waals surface area contributed by atoms with Gasteiger partial charge in [0, 0.05) is 28.9 Å². The van der Waals surface area contributed by atoms with E-state index in [0.29, 0.717) is 17.2 Å². The van der Waals surface area contributed by atoms with Gasteiger partial charge in [-0.1, -0.05) is 12.1 Å². The molecule has 0 spiro atoms. The van der Waals surface area contributed by atoms with E-state index in [9.17, 15) is 8.78 Å². The van der Waals surface area contributed by atoms with E-state index in [0.717, 1.165) is 17.1 Å². The number of halogens is 2. The van der Waals surface area contributed by atoms with E-state index < -0.39 is 11.6 Å². The van der Waals surface area contributed by atoms with Crippen LogP contribution in [0.1, 0.15) is 5.69 Å². The molecule has 0 bridgehead atoms. The second-order valence-electron chi connectivity index (χ2n) is 5.76. The number of H-pyrrole nitrogens is 1. The maximum Gasteiger partial charge on any atom is 0.229 e. The molecule has 0 aliphatic rings. The molecule has 3 N–H and O–H groups in total. The number of para-hydroxylation sites is 1. The molecule has 0 unspecified atom stereocenters. The van der Waals surface area contributed by atoms with Gasteiger partial charge in [0.2, 0.25) is 5.95 Å². The Morgan fingerprint density at radius 3 is 2.42 bits per heavy atom. The summed E-state index contributed by atoms with van der Waals surface area (Å²) in [5.74, 6) is -0.0173. The predicted molar refractivity (Wildman–Crippen MR) is 95.8 cm³/mol. The molecule has 2 aromatic heterocycles. The van der Waals surface area contributed by atoms with Crippen LogP contribution in [0.3, 0.4) is 0 Å². The van der Waals surface area contributed by atoms with Gasteiger partial charge >= 0.3 is 0 Å². The van der Waals surface area contributed by atoms with Gasteiger partial charge in [-0.3, -0.25) is 5.10 Å². The Hall–Kier alpha value is -3.55. The highest BCUT2D eigenvalue weighted by atomic mass is 19.1. The van der Waals surface area contributed by atoms with E-state index in [1.165, 1.54) is 12.1 Å². The van der Waals surface area contributed by atoms with Gasteiger partial charge in [0.1, 0.15) is 17.5 Å². The van der Waals surface area contributed by atoms with Crippen LogP contribution in [0.5, 0.6) is 0 Å². The maximum absolute atomic E-state index is 13.4. The quantitative estimate of drug-likeness (QED) is 0.506. The summed E-state index contributed by atoms with van der Waals surface area (Å²) in [6, 6.07) is 12.4. The smallest absolute Gasteiger partial charge is 0.229 e. The van der Waals surface area contributed by atoms with Crippen molar-refractivity contribution in [1.29, 1.82) is 0 Å². The fourth-order valence-electron chi connectivity index (χ4n) is 2.59. The zero-order valence-electron chi connectivity index (χ0n) is 13.7. The molecule has 0 saturated heterocycles. The van der Waals surface area contributed by atoms with Gasteiger partial charge in [-0.25, -0.2) is 13.8 Å². The van der Waals surface area contributed by atoms with Crippen LogP contribution in [-0.4, -0.2) is 20.2 Å². The number of hydrogen-bond acceptors (Lipinski definition) is 5. The third kappa shape index (κ3) is 3.30. The van der Waals surface area contributed by atoms with Crippen molar-refractivity contribution in [3.05, 3.63) is 65.9 Å². The average Bonchev–Trinajstić information content (AvgIpc) is 2.99.